The highest BCUT2D eigenvalue weighted by atomic mass is 16.1. The van der Waals surface area contributed by atoms with Gasteiger partial charge in [-0.05, 0) is 47.9 Å². The van der Waals surface area contributed by atoms with Crippen LogP contribution in [0.25, 0.3) is 10.8 Å². The molecule has 2 rings (SSSR count). The van der Waals surface area contributed by atoms with Crippen LogP contribution in [0.5, 0.6) is 0 Å². The minimum atomic E-state index is -0.380. The van der Waals surface area contributed by atoms with Gasteiger partial charge in [-0.15, -0.1) is 0 Å². The highest BCUT2D eigenvalue weighted by Gasteiger charge is 2.02. The van der Waals surface area contributed by atoms with Gasteiger partial charge in [0.15, 0.2) is 0 Å². The topological polar surface area (TPSA) is 43.1 Å². The van der Waals surface area contributed by atoms with Crippen molar-refractivity contribution in [2.75, 3.05) is 0 Å². The number of carbonyl (C=O) groups is 1. The number of hydrogen-bond acceptors (Lipinski definition) is 1. The molecule has 2 aromatic rings. The van der Waals surface area contributed by atoms with E-state index in [4.69, 9.17) is 5.73 Å². The van der Waals surface area contributed by atoms with Crippen LogP contribution < -0.4 is 5.73 Å². The number of hydrogen-bond donors (Lipinski definition) is 1. The molecular weight excluding hydrogens is 186 g/mol. The number of benzene rings is 2. The largest absolute Gasteiger partial charge is 0.366 e. The zero-order valence-electron chi connectivity index (χ0n) is 8.87. The lowest BCUT2D eigenvalue weighted by Gasteiger charge is -2.04. The molecule has 0 aliphatic rings. The molecule has 0 radical (unpaired) electrons. The lowest BCUT2D eigenvalue weighted by molar-refractivity contribution is 0.100. The van der Waals surface area contributed by atoms with Gasteiger partial charge in [-0.25, -0.2) is 0 Å². The lowest BCUT2D eigenvalue weighted by Crippen LogP contribution is -2.10. The fraction of sp³-hybridized carbons (Fsp3) is 0.154. The molecule has 0 heterocycles. The molecule has 0 spiro atoms. The zero-order chi connectivity index (χ0) is 11.0. The maximum Gasteiger partial charge on any atom is 0.248 e. The maximum absolute atomic E-state index is 11.0. The van der Waals surface area contributed by atoms with Crippen LogP contribution in [0.2, 0.25) is 0 Å². The molecule has 2 heteroatoms. The van der Waals surface area contributed by atoms with Crippen LogP contribution in [0.15, 0.2) is 30.3 Å². The first kappa shape index (κ1) is 9.71. The number of carbonyl (C=O) groups excluding carboxylic acids is 1. The van der Waals surface area contributed by atoms with Crippen molar-refractivity contribution < 1.29 is 4.79 Å². The summed E-state index contributed by atoms with van der Waals surface area (Å²) in [6.45, 7) is 4.14. The Morgan fingerprint density at radius 2 is 1.60 bits per heavy atom. The van der Waals surface area contributed by atoms with Crippen LogP contribution in [-0.4, -0.2) is 5.91 Å². The first-order chi connectivity index (χ1) is 7.08. The molecule has 2 aromatic carbocycles. The summed E-state index contributed by atoms with van der Waals surface area (Å²) < 4.78 is 0. The van der Waals surface area contributed by atoms with E-state index in [9.17, 15) is 4.79 Å². The molecule has 76 valence electrons. The Labute approximate surface area is 88.7 Å². The van der Waals surface area contributed by atoms with Gasteiger partial charge in [0, 0.05) is 5.56 Å². The Morgan fingerprint density at radius 3 is 2.20 bits per heavy atom. The van der Waals surface area contributed by atoms with E-state index >= 15 is 0 Å². The molecule has 0 aliphatic heterocycles. The first-order valence-corrected chi connectivity index (χ1v) is 4.89. The molecule has 15 heavy (non-hydrogen) atoms. The Morgan fingerprint density at radius 1 is 1.00 bits per heavy atom. The van der Waals surface area contributed by atoms with Crippen LogP contribution >= 0.6 is 0 Å². The molecule has 0 saturated heterocycles. The third-order valence-corrected chi connectivity index (χ3v) is 2.74. The van der Waals surface area contributed by atoms with Gasteiger partial charge in [-0.2, -0.15) is 0 Å². The van der Waals surface area contributed by atoms with E-state index in [1.54, 1.807) is 6.07 Å². The number of amides is 1. The Balaban J connectivity index is 2.72. The molecule has 0 aromatic heterocycles. The number of primary amides is 1. The van der Waals surface area contributed by atoms with Gasteiger partial charge in [-0.3, -0.25) is 4.79 Å². The van der Waals surface area contributed by atoms with E-state index in [0.29, 0.717) is 5.56 Å². The fourth-order valence-electron chi connectivity index (χ4n) is 1.68. The highest BCUT2D eigenvalue weighted by molar-refractivity contribution is 5.97. The van der Waals surface area contributed by atoms with E-state index in [1.807, 2.05) is 12.1 Å². The fourth-order valence-corrected chi connectivity index (χ4v) is 1.68. The monoisotopic (exact) mass is 199 g/mol. The second-order valence-electron chi connectivity index (χ2n) is 3.86. The molecule has 0 fully saturated rings. The lowest BCUT2D eigenvalue weighted by atomic mass is 10.0. The van der Waals surface area contributed by atoms with Crippen LogP contribution in [0.3, 0.4) is 0 Å². The van der Waals surface area contributed by atoms with Crippen molar-refractivity contribution in [3.05, 3.63) is 47.0 Å². The number of fused-ring (bicyclic) bond motifs is 1. The van der Waals surface area contributed by atoms with Crippen molar-refractivity contribution in [3.8, 4) is 0 Å². The standard InChI is InChI=1S/C13H13NO/c1-8-5-10-3-4-11(13(14)15)7-12(10)6-9(8)2/h3-7H,1-2H3,(H2,14,15). The predicted octanol–water partition coefficient (Wildman–Crippen LogP) is 2.56. The van der Waals surface area contributed by atoms with Gasteiger partial charge in [0.2, 0.25) is 5.91 Å². The van der Waals surface area contributed by atoms with Crippen LogP contribution in [-0.2, 0) is 0 Å². The Kier molecular flexibility index (Phi) is 2.19. The summed E-state index contributed by atoms with van der Waals surface area (Å²) in [4.78, 5) is 11.0. The van der Waals surface area contributed by atoms with Gasteiger partial charge >= 0.3 is 0 Å². The molecular formula is C13H13NO. The first-order valence-electron chi connectivity index (χ1n) is 4.89. The van der Waals surface area contributed by atoms with Crippen molar-refractivity contribution in [2.45, 2.75) is 13.8 Å². The van der Waals surface area contributed by atoms with Crippen molar-refractivity contribution in [2.24, 2.45) is 5.73 Å². The molecule has 0 aliphatic carbocycles. The van der Waals surface area contributed by atoms with Crippen molar-refractivity contribution in [1.82, 2.24) is 0 Å². The van der Waals surface area contributed by atoms with Gasteiger partial charge < -0.3 is 5.73 Å². The summed E-state index contributed by atoms with van der Waals surface area (Å²) >= 11 is 0. The van der Waals surface area contributed by atoms with Gasteiger partial charge in [0.25, 0.3) is 0 Å². The smallest absolute Gasteiger partial charge is 0.248 e. The second-order valence-corrected chi connectivity index (χ2v) is 3.86. The van der Waals surface area contributed by atoms with E-state index < -0.39 is 0 Å². The molecule has 1 amide bonds. The number of rotatable bonds is 1. The minimum absolute atomic E-state index is 0.380. The summed E-state index contributed by atoms with van der Waals surface area (Å²) in [5, 5.41) is 2.21. The van der Waals surface area contributed by atoms with E-state index in [2.05, 4.69) is 26.0 Å². The highest BCUT2D eigenvalue weighted by Crippen LogP contribution is 2.20. The average Bonchev–Trinajstić information content (AvgIpc) is 2.19. The van der Waals surface area contributed by atoms with Crippen LogP contribution in [0.4, 0.5) is 0 Å². The molecule has 0 saturated carbocycles. The predicted molar refractivity (Wildman–Crippen MR) is 61.9 cm³/mol. The van der Waals surface area contributed by atoms with Crippen molar-refractivity contribution in [3.63, 3.8) is 0 Å². The van der Waals surface area contributed by atoms with E-state index in [0.717, 1.165) is 10.8 Å². The number of nitrogens with two attached hydrogens (primary N) is 1. The summed E-state index contributed by atoms with van der Waals surface area (Å²) in [6.07, 6.45) is 0. The van der Waals surface area contributed by atoms with Crippen molar-refractivity contribution >= 4 is 16.7 Å². The SMILES string of the molecule is Cc1cc2ccc(C(N)=O)cc2cc1C. The minimum Gasteiger partial charge on any atom is -0.366 e. The summed E-state index contributed by atoms with van der Waals surface area (Å²) in [7, 11) is 0. The van der Waals surface area contributed by atoms with E-state index in [1.165, 1.54) is 11.1 Å². The summed E-state index contributed by atoms with van der Waals surface area (Å²) in [5.41, 5.74) is 8.28. The molecule has 0 bridgehead atoms. The molecule has 2 nitrogen and oxygen atoms in total. The number of aryl methyl sites for hydroxylation is 2. The zero-order valence-corrected chi connectivity index (χ0v) is 8.87. The summed E-state index contributed by atoms with van der Waals surface area (Å²) in [5.74, 6) is -0.380. The van der Waals surface area contributed by atoms with Gasteiger partial charge in [0.05, 0.1) is 0 Å². The Bertz CT molecular complexity index is 543. The third kappa shape index (κ3) is 1.71. The third-order valence-electron chi connectivity index (χ3n) is 2.74. The maximum atomic E-state index is 11.0. The van der Waals surface area contributed by atoms with Gasteiger partial charge in [-0.1, -0.05) is 18.2 Å². The van der Waals surface area contributed by atoms with Crippen LogP contribution in [0, 0.1) is 13.8 Å². The molecule has 2 N–H and O–H groups in total. The van der Waals surface area contributed by atoms with E-state index in [-0.39, 0.29) is 5.91 Å². The molecule has 0 unspecified atom stereocenters. The quantitative estimate of drug-likeness (QED) is 0.753. The van der Waals surface area contributed by atoms with Crippen molar-refractivity contribution in [1.29, 1.82) is 0 Å². The van der Waals surface area contributed by atoms with Crippen LogP contribution in [0.1, 0.15) is 21.5 Å². The Hall–Kier alpha value is -1.83. The molecule has 0 atom stereocenters. The normalized spacial score (nSPS) is 10.5. The second kappa shape index (κ2) is 3.39. The summed E-state index contributed by atoms with van der Waals surface area (Å²) in [6, 6.07) is 9.73. The van der Waals surface area contributed by atoms with Gasteiger partial charge in [0.1, 0.15) is 0 Å². The average molecular weight is 199 g/mol.